The zero-order valence-electron chi connectivity index (χ0n) is 17.1. The van der Waals surface area contributed by atoms with E-state index >= 15 is 0 Å². The summed E-state index contributed by atoms with van der Waals surface area (Å²) in [5.74, 6) is 0.773. The number of anilines is 1. The van der Waals surface area contributed by atoms with Crippen molar-refractivity contribution in [2.45, 2.75) is 39.0 Å². The molecule has 1 heterocycles. The van der Waals surface area contributed by atoms with E-state index in [1.54, 1.807) is 25.3 Å². The minimum absolute atomic E-state index is 0.0487. The number of ether oxygens (including phenoxy) is 1. The first-order chi connectivity index (χ1) is 13.8. The molecule has 3 rings (SSSR count). The summed E-state index contributed by atoms with van der Waals surface area (Å²) in [6, 6.07) is 12.1. The van der Waals surface area contributed by atoms with Crippen LogP contribution in [0.25, 0.3) is 11.3 Å². The van der Waals surface area contributed by atoms with E-state index < -0.39 is 0 Å². The van der Waals surface area contributed by atoms with Crippen molar-refractivity contribution in [1.29, 1.82) is 0 Å². The summed E-state index contributed by atoms with van der Waals surface area (Å²) < 4.78 is 24.8. The van der Waals surface area contributed by atoms with Crippen molar-refractivity contribution in [3.05, 3.63) is 65.9 Å². The Hall–Kier alpha value is -3.15. The van der Waals surface area contributed by atoms with Gasteiger partial charge in [-0.25, -0.2) is 9.37 Å². The molecule has 1 amide bonds. The van der Waals surface area contributed by atoms with Crippen LogP contribution in [0.2, 0.25) is 0 Å². The zero-order valence-corrected chi connectivity index (χ0v) is 17.1. The quantitative estimate of drug-likeness (QED) is 0.609. The molecule has 152 valence electrons. The van der Waals surface area contributed by atoms with Crippen LogP contribution >= 0.6 is 0 Å². The summed E-state index contributed by atoms with van der Waals surface area (Å²) in [6.45, 7) is 6.32. The third-order valence-corrected chi connectivity index (χ3v) is 4.60. The average Bonchev–Trinajstić information content (AvgIpc) is 3.15. The molecule has 0 unspecified atom stereocenters. The predicted octanol–water partition coefficient (Wildman–Crippen LogP) is 5.36. The number of methoxy groups -OCH3 is 1. The first-order valence-electron chi connectivity index (χ1n) is 9.46. The van der Waals surface area contributed by atoms with Gasteiger partial charge in [-0.15, -0.1) is 0 Å². The maximum atomic E-state index is 13.9. The number of nitrogens with zero attached hydrogens (tertiary/aromatic N) is 1. The van der Waals surface area contributed by atoms with E-state index in [1.165, 1.54) is 12.3 Å². The third-order valence-electron chi connectivity index (χ3n) is 4.60. The lowest BCUT2D eigenvalue weighted by Crippen LogP contribution is -2.16. The third kappa shape index (κ3) is 5.02. The standard InChI is InChI=1S/C23H25FN2O3/c1-23(2,3)15-9-10-19(28-4)18(13-15)26-21(27)11-12-22-25-14-20(29-22)16-7-5-6-8-17(16)24/h5-10,13-14H,11-12H2,1-4H3,(H,26,27). The van der Waals surface area contributed by atoms with Crippen LogP contribution in [0, 0.1) is 5.82 Å². The maximum absolute atomic E-state index is 13.9. The van der Waals surface area contributed by atoms with Crippen LogP contribution in [0.1, 0.15) is 38.6 Å². The molecule has 0 aliphatic carbocycles. The summed E-state index contributed by atoms with van der Waals surface area (Å²) >= 11 is 0. The molecule has 0 spiro atoms. The number of carbonyl (C=O) groups is 1. The van der Waals surface area contributed by atoms with Gasteiger partial charge in [0.25, 0.3) is 0 Å². The Morgan fingerprint density at radius 3 is 2.66 bits per heavy atom. The SMILES string of the molecule is COc1ccc(C(C)(C)C)cc1NC(=O)CCc1ncc(-c2ccccc2F)o1. The van der Waals surface area contributed by atoms with E-state index in [-0.39, 0.29) is 23.6 Å². The summed E-state index contributed by atoms with van der Waals surface area (Å²) in [7, 11) is 1.57. The molecule has 0 radical (unpaired) electrons. The number of benzene rings is 2. The minimum atomic E-state index is -0.376. The predicted molar refractivity (Wildman–Crippen MR) is 111 cm³/mol. The number of aryl methyl sites for hydroxylation is 1. The van der Waals surface area contributed by atoms with Crippen molar-refractivity contribution in [2.24, 2.45) is 0 Å². The molecule has 1 aromatic heterocycles. The zero-order chi connectivity index (χ0) is 21.0. The largest absolute Gasteiger partial charge is 0.495 e. The minimum Gasteiger partial charge on any atom is -0.495 e. The van der Waals surface area contributed by atoms with E-state index in [0.29, 0.717) is 35.1 Å². The number of rotatable bonds is 6. The number of amides is 1. The van der Waals surface area contributed by atoms with Gasteiger partial charge in [-0.3, -0.25) is 4.79 Å². The normalized spacial score (nSPS) is 11.3. The molecule has 0 saturated carbocycles. The number of oxazole rings is 1. The van der Waals surface area contributed by atoms with Gasteiger partial charge < -0.3 is 14.5 Å². The summed E-state index contributed by atoms with van der Waals surface area (Å²) in [6.07, 6.45) is 1.96. The van der Waals surface area contributed by atoms with Crippen LogP contribution in [0.15, 0.2) is 53.1 Å². The highest BCUT2D eigenvalue weighted by atomic mass is 19.1. The van der Waals surface area contributed by atoms with Crippen molar-refractivity contribution in [2.75, 3.05) is 12.4 Å². The topological polar surface area (TPSA) is 64.4 Å². The number of carbonyl (C=O) groups excluding carboxylic acids is 1. The second-order valence-corrected chi connectivity index (χ2v) is 7.81. The van der Waals surface area contributed by atoms with Crippen LogP contribution < -0.4 is 10.1 Å². The van der Waals surface area contributed by atoms with Gasteiger partial charge in [-0.05, 0) is 35.2 Å². The van der Waals surface area contributed by atoms with E-state index in [2.05, 4.69) is 31.1 Å². The molecule has 0 fully saturated rings. The number of hydrogen-bond acceptors (Lipinski definition) is 4. The van der Waals surface area contributed by atoms with Gasteiger partial charge in [0.2, 0.25) is 5.91 Å². The highest BCUT2D eigenvalue weighted by Gasteiger charge is 2.17. The van der Waals surface area contributed by atoms with Gasteiger partial charge in [0, 0.05) is 12.8 Å². The summed E-state index contributed by atoms with van der Waals surface area (Å²) in [5, 5.41) is 2.90. The van der Waals surface area contributed by atoms with E-state index in [1.807, 2.05) is 18.2 Å². The lowest BCUT2D eigenvalue weighted by molar-refractivity contribution is -0.116. The molecule has 0 aliphatic heterocycles. The molecular weight excluding hydrogens is 371 g/mol. The van der Waals surface area contributed by atoms with Gasteiger partial charge in [-0.1, -0.05) is 39.0 Å². The molecule has 0 saturated heterocycles. The Morgan fingerprint density at radius 2 is 1.97 bits per heavy atom. The molecule has 6 heteroatoms. The van der Waals surface area contributed by atoms with Crippen molar-refractivity contribution in [3.8, 4) is 17.1 Å². The Balaban J connectivity index is 1.66. The van der Waals surface area contributed by atoms with Crippen LogP contribution in [0.3, 0.4) is 0 Å². The highest BCUT2D eigenvalue weighted by molar-refractivity contribution is 5.92. The molecule has 0 bridgehead atoms. The molecule has 5 nitrogen and oxygen atoms in total. The number of halogens is 1. The molecule has 29 heavy (non-hydrogen) atoms. The Morgan fingerprint density at radius 1 is 1.21 bits per heavy atom. The lowest BCUT2D eigenvalue weighted by Gasteiger charge is -2.21. The monoisotopic (exact) mass is 396 g/mol. The van der Waals surface area contributed by atoms with E-state index in [9.17, 15) is 9.18 Å². The summed E-state index contributed by atoms with van der Waals surface area (Å²) in [4.78, 5) is 16.6. The fourth-order valence-corrected chi connectivity index (χ4v) is 2.92. The van der Waals surface area contributed by atoms with Gasteiger partial charge >= 0.3 is 0 Å². The van der Waals surface area contributed by atoms with Gasteiger partial charge in [-0.2, -0.15) is 0 Å². The Bertz CT molecular complexity index is 1010. The van der Waals surface area contributed by atoms with Crippen molar-refractivity contribution in [1.82, 2.24) is 4.98 Å². The molecule has 3 aromatic rings. The second kappa shape index (κ2) is 8.47. The first kappa shape index (κ1) is 20.6. The average molecular weight is 396 g/mol. The van der Waals surface area contributed by atoms with Crippen molar-refractivity contribution >= 4 is 11.6 Å². The molecule has 2 aromatic carbocycles. The Kier molecular flexibility index (Phi) is 6.01. The number of aromatic nitrogens is 1. The van der Waals surface area contributed by atoms with Crippen LogP contribution in [-0.2, 0) is 16.6 Å². The van der Waals surface area contributed by atoms with Gasteiger partial charge in [0.1, 0.15) is 11.6 Å². The van der Waals surface area contributed by atoms with E-state index in [4.69, 9.17) is 9.15 Å². The maximum Gasteiger partial charge on any atom is 0.224 e. The summed E-state index contributed by atoms with van der Waals surface area (Å²) in [5.41, 5.74) is 2.02. The number of nitrogens with one attached hydrogen (secondary N) is 1. The van der Waals surface area contributed by atoms with Gasteiger partial charge in [0.15, 0.2) is 11.7 Å². The second-order valence-electron chi connectivity index (χ2n) is 7.81. The molecular formula is C23H25FN2O3. The van der Waals surface area contributed by atoms with E-state index in [0.717, 1.165) is 5.56 Å². The van der Waals surface area contributed by atoms with Gasteiger partial charge in [0.05, 0.1) is 24.6 Å². The molecule has 0 aliphatic rings. The number of hydrogen-bond donors (Lipinski definition) is 1. The fraction of sp³-hybridized carbons (Fsp3) is 0.304. The van der Waals surface area contributed by atoms with Crippen LogP contribution in [0.5, 0.6) is 5.75 Å². The molecule has 0 atom stereocenters. The first-order valence-corrected chi connectivity index (χ1v) is 9.46. The Labute approximate surface area is 169 Å². The van der Waals surface area contributed by atoms with Crippen LogP contribution in [0.4, 0.5) is 10.1 Å². The van der Waals surface area contributed by atoms with Crippen molar-refractivity contribution < 1.29 is 18.3 Å². The molecule has 1 N–H and O–H groups in total. The highest BCUT2D eigenvalue weighted by Crippen LogP contribution is 2.31. The van der Waals surface area contributed by atoms with Crippen molar-refractivity contribution in [3.63, 3.8) is 0 Å². The smallest absolute Gasteiger partial charge is 0.224 e. The fourth-order valence-electron chi connectivity index (χ4n) is 2.92. The van der Waals surface area contributed by atoms with Crippen LogP contribution in [-0.4, -0.2) is 18.0 Å². The lowest BCUT2D eigenvalue weighted by atomic mass is 9.87.